The first-order valence-corrected chi connectivity index (χ1v) is 8.31. The Kier molecular flexibility index (Phi) is 6.69. The van der Waals surface area contributed by atoms with E-state index >= 15 is 0 Å². The van der Waals surface area contributed by atoms with Gasteiger partial charge in [-0.15, -0.1) is 0 Å². The van der Waals surface area contributed by atoms with Crippen LogP contribution in [-0.4, -0.2) is 34.5 Å². The minimum absolute atomic E-state index is 0.133. The van der Waals surface area contributed by atoms with Gasteiger partial charge in [-0.25, -0.2) is 0 Å². The zero-order valence-corrected chi connectivity index (χ0v) is 14.0. The van der Waals surface area contributed by atoms with Crippen LogP contribution in [0.3, 0.4) is 0 Å². The summed E-state index contributed by atoms with van der Waals surface area (Å²) >= 11 is 0. The van der Waals surface area contributed by atoms with E-state index in [1.54, 1.807) is 0 Å². The molecule has 1 N–H and O–H groups in total. The topological polar surface area (TPSA) is 57.6 Å². The highest BCUT2D eigenvalue weighted by molar-refractivity contribution is 5.83. The fourth-order valence-electron chi connectivity index (χ4n) is 3.64. The van der Waals surface area contributed by atoms with Crippen LogP contribution in [0, 0.1) is 11.3 Å². The third kappa shape index (κ3) is 5.01. The van der Waals surface area contributed by atoms with E-state index in [1.807, 2.05) is 18.7 Å². The van der Waals surface area contributed by atoms with Crippen LogP contribution in [0.5, 0.6) is 0 Å². The normalized spacial score (nSPS) is 17.4. The maximum absolute atomic E-state index is 13.1. The van der Waals surface area contributed by atoms with Gasteiger partial charge in [0.1, 0.15) is 0 Å². The Hall–Kier alpha value is -1.06. The van der Waals surface area contributed by atoms with Crippen molar-refractivity contribution in [3.63, 3.8) is 0 Å². The van der Waals surface area contributed by atoms with Crippen LogP contribution < -0.4 is 0 Å². The summed E-state index contributed by atoms with van der Waals surface area (Å²) in [4.78, 5) is 25.7. The molecule has 0 unspecified atom stereocenters. The molecule has 0 spiro atoms. The van der Waals surface area contributed by atoms with Crippen LogP contribution in [-0.2, 0) is 9.59 Å². The van der Waals surface area contributed by atoms with E-state index in [0.29, 0.717) is 18.9 Å². The Morgan fingerprint density at radius 2 is 1.71 bits per heavy atom. The highest BCUT2D eigenvalue weighted by Gasteiger charge is 2.43. The standard InChI is InChI=1S/C17H31NO3/c1-13(2)12-17(9-5-6-10-17)16(21)18(14(3)4)11-7-8-15(19)20/h13-14H,5-12H2,1-4H3,(H,19,20). The van der Waals surface area contributed by atoms with Crippen LogP contribution >= 0.6 is 0 Å². The van der Waals surface area contributed by atoms with Gasteiger partial charge in [0, 0.05) is 24.4 Å². The Morgan fingerprint density at radius 3 is 2.14 bits per heavy atom. The summed E-state index contributed by atoms with van der Waals surface area (Å²) in [7, 11) is 0. The number of amides is 1. The average molecular weight is 297 g/mol. The first-order valence-electron chi connectivity index (χ1n) is 8.31. The highest BCUT2D eigenvalue weighted by Crippen LogP contribution is 2.45. The number of aliphatic carboxylic acids is 1. The second kappa shape index (κ2) is 7.81. The Balaban J connectivity index is 2.79. The van der Waals surface area contributed by atoms with Crippen molar-refractivity contribution in [1.82, 2.24) is 4.90 Å². The maximum Gasteiger partial charge on any atom is 0.303 e. The smallest absolute Gasteiger partial charge is 0.303 e. The number of carbonyl (C=O) groups excluding carboxylic acids is 1. The largest absolute Gasteiger partial charge is 0.481 e. The summed E-state index contributed by atoms with van der Waals surface area (Å²) in [6.45, 7) is 8.96. The van der Waals surface area contributed by atoms with Crippen LogP contribution in [0.4, 0.5) is 0 Å². The molecule has 1 fully saturated rings. The predicted molar refractivity (Wildman–Crippen MR) is 84.1 cm³/mol. The Bertz CT molecular complexity index is 357. The molecule has 4 nitrogen and oxygen atoms in total. The number of hydrogen-bond donors (Lipinski definition) is 1. The van der Waals surface area contributed by atoms with E-state index in [0.717, 1.165) is 32.1 Å². The maximum atomic E-state index is 13.1. The van der Waals surface area contributed by atoms with Gasteiger partial charge in [0.2, 0.25) is 5.91 Å². The summed E-state index contributed by atoms with van der Waals surface area (Å²) in [6.07, 6.45) is 5.88. The third-order valence-electron chi connectivity index (χ3n) is 4.49. The molecule has 1 aliphatic rings. The molecule has 0 heterocycles. The lowest BCUT2D eigenvalue weighted by atomic mass is 9.77. The molecule has 0 aromatic carbocycles. The fourth-order valence-corrected chi connectivity index (χ4v) is 3.64. The van der Waals surface area contributed by atoms with Crippen molar-refractivity contribution < 1.29 is 14.7 Å². The van der Waals surface area contributed by atoms with Crippen molar-refractivity contribution in [1.29, 1.82) is 0 Å². The molecule has 0 aromatic rings. The van der Waals surface area contributed by atoms with Crippen LogP contribution in [0.15, 0.2) is 0 Å². The third-order valence-corrected chi connectivity index (χ3v) is 4.49. The van der Waals surface area contributed by atoms with Gasteiger partial charge in [-0.2, -0.15) is 0 Å². The summed E-state index contributed by atoms with van der Waals surface area (Å²) < 4.78 is 0. The summed E-state index contributed by atoms with van der Waals surface area (Å²) in [6, 6.07) is 0.135. The monoisotopic (exact) mass is 297 g/mol. The van der Waals surface area contributed by atoms with Crippen molar-refractivity contribution in [2.24, 2.45) is 11.3 Å². The van der Waals surface area contributed by atoms with Gasteiger partial charge < -0.3 is 10.0 Å². The van der Waals surface area contributed by atoms with E-state index in [9.17, 15) is 9.59 Å². The molecule has 0 saturated heterocycles. The van der Waals surface area contributed by atoms with Gasteiger partial charge in [0.05, 0.1) is 0 Å². The van der Waals surface area contributed by atoms with E-state index < -0.39 is 5.97 Å². The van der Waals surface area contributed by atoms with Crippen molar-refractivity contribution >= 4 is 11.9 Å². The highest BCUT2D eigenvalue weighted by atomic mass is 16.4. The Labute approximate surface area is 128 Å². The molecule has 0 aliphatic heterocycles. The first-order chi connectivity index (χ1) is 9.78. The number of nitrogens with zero attached hydrogens (tertiary/aromatic N) is 1. The molecule has 4 heteroatoms. The number of rotatable bonds is 8. The predicted octanol–water partition coefficient (Wildman–Crippen LogP) is 3.69. The first kappa shape index (κ1) is 18.0. The summed E-state index contributed by atoms with van der Waals surface area (Å²) in [5, 5.41) is 8.78. The second-order valence-electron chi connectivity index (χ2n) is 7.17. The van der Waals surface area contributed by atoms with Crippen molar-refractivity contribution in [2.75, 3.05) is 6.54 Å². The molecule has 1 saturated carbocycles. The SMILES string of the molecule is CC(C)CC1(C(=O)N(CCCC(=O)O)C(C)C)CCCC1. The molecule has 21 heavy (non-hydrogen) atoms. The lowest BCUT2D eigenvalue weighted by Crippen LogP contribution is -2.47. The van der Waals surface area contributed by atoms with Crippen LogP contribution in [0.2, 0.25) is 0 Å². The van der Waals surface area contributed by atoms with Crippen LogP contribution in [0.1, 0.15) is 72.6 Å². The molecular formula is C17H31NO3. The number of hydrogen-bond acceptors (Lipinski definition) is 2. The van der Waals surface area contributed by atoms with Gasteiger partial charge in [-0.1, -0.05) is 26.7 Å². The number of carbonyl (C=O) groups is 2. The molecule has 0 radical (unpaired) electrons. The van der Waals surface area contributed by atoms with E-state index in [-0.39, 0.29) is 23.8 Å². The fraction of sp³-hybridized carbons (Fsp3) is 0.882. The number of carboxylic acids is 1. The quantitative estimate of drug-likeness (QED) is 0.743. The molecule has 122 valence electrons. The van der Waals surface area contributed by atoms with Gasteiger partial charge in [0.15, 0.2) is 0 Å². The minimum Gasteiger partial charge on any atom is -0.481 e. The van der Waals surface area contributed by atoms with Gasteiger partial charge in [-0.05, 0) is 45.4 Å². The molecule has 0 atom stereocenters. The molecule has 0 bridgehead atoms. The van der Waals surface area contributed by atoms with Gasteiger partial charge in [0.25, 0.3) is 0 Å². The summed E-state index contributed by atoms with van der Waals surface area (Å²) in [5.41, 5.74) is -0.193. The molecule has 1 aliphatic carbocycles. The Morgan fingerprint density at radius 1 is 1.14 bits per heavy atom. The van der Waals surface area contributed by atoms with E-state index in [2.05, 4.69) is 13.8 Å². The van der Waals surface area contributed by atoms with Crippen molar-refractivity contribution in [2.45, 2.75) is 78.7 Å². The molecular weight excluding hydrogens is 266 g/mol. The van der Waals surface area contributed by atoms with Crippen molar-refractivity contribution in [3.05, 3.63) is 0 Å². The van der Waals surface area contributed by atoms with Gasteiger partial charge in [-0.3, -0.25) is 9.59 Å². The lowest BCUT2D eigenvalue weighted by molar-refractivity contribution is -0.146. The zero-order chi connectivity index (χ0) is 16.0. The molecule has 1 rings (SSSR count). The average Bonchev–Trinajstić information content (AvgIpc) is 2.82. The molecule has 0 aromatic heterocycles. The zero-order valence-electron chi connectivity index (χ0n) is 14.0. The van der Waals surface area contributed by atoms with E-state index in [4.69, 9.17) is 5.11 Å². The minimum atomic E-state index is -0.788. The second-order valence-corrected chi connectivity index (χ2v) is 7.17. The van der Waals surface area contributed by atoms with Gasteiger partial charge >= 0.3 is 5.97 Å². The molecule has 1 amide bonds. The van der Waals surface area contributed by atoms with Crippen LogP contribution in [0.25, 0.3) is 0 Å². The van der Waals surface area contributed by atoms with E-state index in [1.165, 1.54) is 0 Å². The lowest BCUT2D eigenvalue weighted by Gasteiger charge is -2.38. The summed E-state index contributed by atoms with van der Waals surface area (Å²) in [5.74, 6) is -0.0157. The van der Waals surface area contributed by atoms with Crippen molar-refractivity contribution in [3.8, 4) is 0 Å². The number of carboxylic acid groups (broad SMARTS) is 1.